The van der Waals surface area contributed by atoms with Crippen LogP contribution in [0.1, 0.15) is 50.6 Å². The highest BCUT2D eigenvalue weighted by Gasteiger charge is 2.09. The van der Waals surface area contributed by atoms with Crippen LogP contribution >= 0.6 is 0 Å². The molecule has 0 saturated heterocycles. The normalized spacial score (nSPS) is 17.2. The Hall–Kier alpha value is -2.30. The minimum atomic E-state index is -0.0113. The molecule has 2 N–H and O–H groups in total. The van der Waals surface area contributed by atoms with Gasteiger partial charge in [0.15, 0.2) is 5.43 Å². The highest BCUT2D eigenvalue weighted by atomic mass is 16.1. The zero-order valence-electron chi connectivity index (χ0n) is 13.4. The predicted octanol–water partition coefficient (Wildman–Crippen LogP) is 3.33. The number of fused-ring (bicyclic) bond motifs is 1. The Balaban J connectivity index is 1.63. The van der Waals surface area contributed by atoms with E-state index in [9.17, 15) is 4.79 Å². The minimum absolute atomic E-state index is 0.0113. The molecule has 0 amide bonds. The lowest BCUT2D eigenvalue weighted by Crippen LogP contribution is -2.14. The van der Waals surface area contributed by atoms with Gasteiger partial charge in [-0.3, -0.25) is 14.2 Å². The topological polar surface area (TPSA) is 61.7 Å². The van der Waals surface area contributed by atoms with E-state index in [1.54, 1.807) is 24.7 Å². The summed E-state index contributed by atoms with van der Waals surface area (Å²) in [5, 5.41) is 3.17. The van der Waals surface area contributed by atoms with Gasteiger partial charge in [-0.25, -0.2) is 0 Å². The third kappa shape index (κ3) is 3.92. The molecule has 5 nitrogen and oxygen atoms in total. The second-order valence-corrected chi connectivity index (χ2v) is 6.19. The van der Waals surface area contributed by atoms with E-state index in [0.29, 0.717) is 6.04 Å². The van der Waals surface area contributed by atoms with Gasteiger partial charge in [-0.2, -0.15) is 0 Å². The van der Waals surface area contributed by atoms with Gasteiger partial charge >= 0.3 is 0 Å². The van der Waals surface area contributed by atoms with Crippen LogP contribution < -0.4 is 10.7 Å². The van der Waals surface area contributed by atoms with Crippen molar-refractivity contribution in [3.05, 3.63) is 47.0 Å². The van der Waals surface area contributed by atoms with Gasteiger partial charge in [0.05, 0.1) is 23.8 Å². The molecular weight excluding hydrogens is 288 g/mol. The van der Waals surface area contributed by atoms with Gasteiger partial charge in [-0.1, -0.05) is 38.7 Å². The third-order valence-corrected chi connectivity index (χ3v) is 4.45. The number of nitrogens with one attached hydrogen (secondary N) is 2. The van der Waals surface area contributed by atoms with Gasteiger partial charge < -0.3 is 10.3 Å². The van der Waals surface area contributed by atoms with Crippen molar-refractivity contribution in [1.82, 2.24) is 14.7 Å². The zero-order chi connectivity index (χ0) is 16.1. The summed E-state index contributed by atoms with van der Waals surface area (Å²) in [7, 11) is 0. The van der Waals surface area contributed by atoms with E-state index in [1.165, 1.54) is 44.9 Å². The Morgan fingerprint density at radius 2 is 2.04 bits per heavy atom. The molecule has 23 heavy (non-hydrogen) atoms. The van der Waals surface area contributed by atoms with E-state index in [4.69, 9.17) is 0 Å². The summed E-state index contributed by atoms with van der Waals surface area (Å²) < 4.78 is 1.90. The number of hydrogen-bond acceptors (Lipinski definition) is 2. The molecule has 2 heterocycles. The van der Waals surface area contributed by atoms with Crippen molar-refractivity contribution < 1.29 is 0 Å². The van der Waals surface area contributed by atoms with Crippen molar-refractivity contribution >= 4 is 17.7 Å². The molecule has 2 aromatic heterocycles. The lowest BCUT2D eigenvalue weighted by Gasteiger charge is -2.15. The Kier molecular flexibility index (Phi) is 4.95. The van der Waals surface area contributed by atoms with Gasteiger partial charge in [-0.05, 0) is 12.8 Å². The maximum Gasteiger partial charge on any atom is 0.183 e. The van der Waals surface area contributed by atoms with Crippen molar-refractivity contribution in [1.29, 1.82) is 0 Å². The fourth-order valence-electron chi connectivity index (χ4n) is 3.12. The van der Waals surface area contributed by atoms with E-state index < -0.39 is 0 Å². The third-order valence-electron chi connectivity index (χ3n) is 4.45. The fourth-order valence-corrected chi connectivity index (χ4v) is 3.12. The van der Waals surface area contributed by atoms with E-state index in [-0.39, 0.29) is 5.43 Å². The first-order valence-electron chi connectivity index (χ1n) is 8.41. The molecule has 0 aromatic carbocycles. The van der Waals surface area contributed by atoms with Crippen LogP contribution in [0.25, 0.3) is 11.3 Å². The van der Waals surface area contributed by atoms with Gasteiger partial charge in [0.25, 0.3) is 0 Å². The van der Waals surface area contributed by atoms with Crippen LogP contribution in [0.5, 0.6) is 0 Å². The van der Waals surface area contributed by atoms with Crippen molar-refractivity contribution in [3.8, 4) is 0 Å². The number of aromatic nitrogens is 2. The summed E-state index contributed by atoms with van der Waals surface area (Å²) >= 11 is 0. The molecule has 0 spiro atoms. The molecule has 1 fully saturated rings. The Morgan fingerprint density at radius 3 is 2.83 bits per heavy atom. The number of aliphatic imine (C=N–C) groups is 1. The lowest BCUT2D eigenvalue weighted by molar-refractivity contribution is 0.455. The van der Waals surface area contributed by atoms with Crippen LogP contribution in [-0.4, -0.2) is 21.8 Å². The van der Waals surface area contributed by atoms with Crippen LogP contribution in [0.3, 0.4) is 0 Å². The number of pyridine rings is 1. The van der Waals surface area contributed by atoms with Gasteiger partial charge in [-0.15, -0.1) is 0 Å². The van der Waals surface area contributed by atoms with E-state index in [0.717, 1.165) is 17.0 Å². The molecule has 1 saturated carbocycles. The summed E-state index contributed by atoms with van der Waals surface area (Å²) in [5.41, 5.74) is 2.40. The lowest BCUT2D eigenvalue weighted by atomic mass is 9.97. The van der Waals surface area contributed by atoms with Gasteiger partial charge in [0.1, 0.15) is 5.65 Å². The van der Waals surface area contributed by atoms with Crippen LogP contribution in [0.4, 0.5) is 0 Å². The molecule has 5 heteroatoms. The molecule has 1 aliphatic carbocycles. The van der Waals surface area contributed by atoms with Crippen LogP contribution in [0.2, 0.25) is 0 Å². The number of rotatable bonds is 4. The molecule has 1 aliphatic rings. The molecular formula is C18H24N4O. The molecule has 0 aliphatic heterocycles. The van der Waals surface area contributed by atoms with Gasteiger partial charge in [0.2, 0.25) is 0 Å². The summed E-state index contributed by atoms with van der Waals surface area (Å²) in [6.45, 7) is 4.06. The minimum Gasteiger partial charge on any atom is -0.346 e. The maximum atomic E-state index is 11.4. The number of imidazole rings is 1. The Labute approximate surface area is 136 Å². The van der Waals surface area contributed by atoms with E-state index in [1.807, 2.05) is 10.6 Å². The first kappa shape index (κ1) is 15.6. The zero-order valence-corrected chi connectivity index (χ0v) is 13.4. The number of aromatic amines is 1. The molecule has 3 rings (SSSR count). The first-order valence-corrected chi connectivity index (χ1v) is 8.41. The second kappa shape index (κ2) is 7.31. The standard InChI is InChI=1S/C18H24N4O/c1-14(17-12-19-18-11-16(23)9-10-22(17)18)20-13-21-15-7-5-3-2-4-6-8-15/h9-13,15,19H,1-8H2,(H,20,21). The van der Waals surface area contributed by atoms with Crippen LogP contribution in [-0.2, 0) is 0 Å². The highest BCUT2D eigenvalue weighted by Crippen LogP contribution is 2.19. The molecule has 0 atom stereocenters. The summed E-state index contributed by atoms with van der Waals surface area (Å²) in [6, 6.07) is 3.54. The number of hydrogen-bond donors (Lipinski definition) is 2. The van der Waals surface area contributed by atoms with Crippen molar-refractivity contribution in [2.45, 2.75) is 51.0 Å². The summed E-state index contributed by atoms with van der Waals surface area (Å²) in [4.78, 5) is 19.1. The molecule has 0 radical (unpaired) electrons. The Morgan fingerprint density at radius 1 is 1.30 bits per heavy atom. The van der Waals surface area contributed by atoms with E-state index >= 15 is 0 Å². The second-order valence-electron chi connectivity index (χ2n) is 6.19. The van der Waals surface area contributed by atoms with Crippen LogP contribution in [0, 0.1) is 0 Å². The SMILES string of the molecule is C=C(NC=NC1CCCCCCC1)c1c[nH]c2cc(=O)ccn12. The molecule has 0 bridgehead atoms. The predicted molar refractivity (Wildman–Crippen MR) is 94.8 cm³/mol. The summed E-state index contributed by atoms with van der Waals surface area (Å²) in [5.74, 6) is 0. The number of H-pyrrole nitrogens is 1. The largest absolute Gasteiger partial charge is 0.346 e. The average Bonchev–Trinajstić information content (AvgIpc) is 2.92. The van der Waals surface area contributed by atoms with Crippen molar-refractivity contribution in [2.24, 2.45) is 4.99 Å². The van der Waals surface area contributed by atoms with E-state index in [2.05, 4.69) is 21.9 Å². The van der Waals surface area contributed by atoms with Crippen molar-refractivity contribution in [3.63, 3.8) is 0 Å². The average molecular weight is 312 g/mol. The van der Waals surface area contributed by atoms with Crippen molar-refractivity contribution in [2.75, 3.05) is 0 Å². The number of nitrogens with zero attached hydrogens (tertiary/aromatic N) is 2. The molecule has 2 aromatic rings. The molecule has 122 valence electrons. The monoisotopic (exact) mass is 312 g/mol. The fraction of sp³-hybridized carbons (Fsp3) is 0.444. The van der Waals surface area contributed by atoms with Crippen LogP contribution in [0.15, 0.2) is 40.9 Å². The quantitative estimate of drug-likeness (QED) is 0.672. The molecule has 0 unspecified atom stereocenters. The smallest absolute Gasteiger partial charge is 0.183 e. The highest BCUT2D eigenvalue weighted by molar-refractivity contribution is 5.74. The Bertz CT molecular complexity index is 748. The van der Waals surface area contributed by atoms with Gasteiger partial charge in [0, 0.05) is 24.5 Å². The summed E-state index contributed by atoms with van der Waals surface area (Å²) in [6.07, 6.45) is 14.3. The first-order chi connectivity index (χ1) is 11.2. The maximum absolute atomic E-state index is 11.4.